The van der Waals surface area contributed by atoms with Crippen LogP contribution in [0.2, 0.25) is 0 Å². The van der Waals surface area contributed by atoms with E-state index in [0.717, 1.165) is 11.4 Å². The van der Waals surface area contributed by atoms with E-state index >= 15 is 0 Å². The normalized spacial score (nSPS) is 9.64. The first-order valence-electron chi connectivity index (χ1n) is 3.15. The van der Waals surface area contributed by atoms with Gasteiger partial charge in [-0.3, -0.25) is 0 Å². The van der Waals surface area contributed by atoms with Gasteiger partial charge in [0.2, 0.25) is 0 Å². The number of amidine groups is 1. The van der Waals surface area contributed by atoms with Gasteiger partial charge in [0.1, 0.15) is 0 Å². The van der Waals surface area contributed by atoms with Crippen molar-refractivity contribution in [2.45, 2.75) is 13.8 Å². The van der Waals surface area contributed by atoms with Crippen LogP contribution in [0.3, 0.4) is 0 Å². The minimum atomic E-state index is -0.365. The molecule has 60 valence electrons. The molecule has 5 heteroatoms. The fourth-order valence-corrected chi connectivity index (χ4v) is 0.794. The highest BCUT2D eigenvalue weighted by Gasteiger charge is 2.01. The van der Waals surface area contributed by atoms with Gasteiger partial charge in [-0.05, 0) is 19.9 Å². The summed E-state index contributed by atoms with van der Waals surface area (Å²) in [6.07, 6.45) is 0. The lowest BCUT2D eigenvalue weighted by atomic mass is 10.4. The molecular weight excluding hydrogens is 144 g/mol. The molecule has 0 bridgehead atoms. The van der Waals surface area contributed by atoms with E-state index in [1.807, 2.05) is 19.9 Å². The van der Waals surface area contributed by atoms with Gasteiger partial charge in [0, 0.05) is 0 Å². The van der Waals surface area contributed by atoms with Crippen molar-refractivity contribution in [3.63, 3.8) is 0 Å². The van der Waals surface area contributed by atoms with E-state index in [1.54, 1.807) is 0 Å². The Bertz CT molecular complexity index is 278. The van der Waals surface area contributed by atoms with Gasteiger partial charge in [-0.1, -0.05) is 4.85 Å². The average molecular weight is 154 g/mol. The van der Waals surface area contributed by atoms with Crippen molar-refractivity contribution in [3.05, 3.63) is 17.5 Å². The maximum absolute atomic E-state index is 6.83. The Morgan fingerprint density at radius 2 is 2.36 bits per heavy atom. The zero-order valence-corrected chi connectivity index (χ0v) is 6.46. The van der Waals surface area contributed by atoms with Crippen LogP contribution in [0.5, 0.6) is 0 Å². The first-order chi connectivity index (χ1) is 5.09. The highest BCUT2D eigenvalue weighted by Crippen LogP contribution is 1.98. The molecule has 0 aromatic carbocycles. The number of aryl methyl sites for hydroxylation is 2. The second kappa shape index (κ2) is 2.61. The van der Waals surface area contributed by atoms with Crippen molar-refractivity contribution in [2.75, 3.05) is 0 Å². The predicted molar refractivity (Wildman–Crippen MR) is 40.2 cm³/mol. The molecule has 0 spiro atoms. The van der Waals surface area contributed by atoms with Crippen LogP contribution in [-0.4, -0.2) is 16.0 Å². The quantitative estimate of drug-likeness (QED) is 0.435. The van der Waals surface area contributed by atoms with Crippen molar-refractivity contribution in [1.29, 1.82) is 5.41 Å². The second-order valence-corrected chi connectivity index (χ2v) is 2.26. The fraction of sp³-hybridized carbons (Fsp3) is 0.333. The zero-order valence-electron chi connectivity index (χ0n) is 6.46. The van der Waals surface area contributed by atoms with Gasteiger partial charge in [0.25, 0.3) is 0 Å². The third-order valence-electron chi connectivity index (χ3n) is 1.15. The summed E-state index contributed by atoms with van der Waals surface area (Å²) < 4.78 is 0. The molecule has 1 rings (SSSR count). The van der Waals surface area contributed by atoms with Gasteiger partial charge >= 0.3 is 6.02 Å². The summed E-state index contributed by atoms with van der Waals surface area (Å²) in [6, 6.07) is 1.47. The van der Waals surface area contributed by atoms with Crippen LogP contribution in [0.4, 0.5) is 0 Å². The lowest BCUT2D eigenvalue weighted by molar-refractivity contribution is 0.207. The Balaban J connectivity index is 2.85. The van der Waals surface area contributed by atoms with E-state index in [0.29, 0.717) is 0 Å². The Morgan fingerprint density at radius 1 is 1.73 bits per heavy atom. The molecule has 0 radical (unpaired) electrons. The van der Waals surface area contributed by atoms with Gasteiger partial charge in [-0.25, -0.2) is 5.41 Å². The number of aromatic nitrogens is 2. The highest BCUT2D eigenvalue weighted by atomic mass is 16.7. The summed E-state index contributed by atoms with van der Waals surface area (Å²) in [7, 11) is 0. The molecule has 0 aliphatic rings. The molecule has 0 amide bonds. The molecule has 0 saturated carbocycles. The van der Waals surface area contributed by atoms with E-state index < -0.39 is 0 Å². The van der Waals surface area contributed by atoms with E-state index in [4.69, 9.17) is 16.0 Å². The van der Waals surface area contributed by atoms with E-state index in [2.05, 4.69) is 5.10 Å². The summed E-state index contributed by atoms with van der Waals surface area (Å²) in [5.41, 5.74) is 6.66. The molecular formula is C6H10N4O. The van der Waals surface area contributed by atoms with E-state index in [1.165, 1.54) is 4.85 Å². The monoisotopic (exact) mass is 154 g/mol. The third kappa shape index (κ3) is 1.70. The van der Waals surface area contributed by atoms with Gasteiger partial charge in [0.15, 0.2) is 0 Å². The van der Waals surface area contributed by atoms with Crippen LogP contribution in [0.1, 0.15) is 11.4 Å². The van der Waals surface area contributed by atoms with Gasteiger partial charge in [0.05, 0.1) is 11.4 Å². The predicted octanol–water partition coefficient (Wildman–Crippen LogP) is -0.178. The maximum atomic E-state index is 6.83. The number of hydrogen-bond donors (Lipinski definition) is 2. The molecule has 1 aromatic heterocycles. The third-order valence-corrected chi connectivity index (χ3v) is 1.15. The van der Waals surface area contributed by atoms with Gasteiger partial charge in [-0.2, -0.15) is 0 Å². The van der Waals surface area contributed by atoms with Gasteiger partial charge < -0.3 is 10.6 Å². The van der Waals surface area contributed by atoms with Crippen molar-refractivity contribution in [1.82, 2.24) is 9.94 Å². The highest BCUT2D eigenvalue weighted by molar-refractivity contribution is 5.67. The summed E-state index contributed by atoms with van der Waals surface area (Å²) in [5.74, 6) is 0. The van der Waals surface area contributed by atoms with E-state index in [9.17, 15) is 0 Å². The number of nitrogens with two attached hydrogens (primary N) is 1. The topological polar surface area (TPSA) is 76.9 Å². The summed E-state index contributed by atoms with van der Waals surface area (Å²) >= 11 is 0. The van der Waals surface area contributed by atoms with Crippen LogP contribution < -0.4 is 10.6 Å². The molecule has 0 aliphatic carbocycles. The maximum Gasteiger partial charge on any atom is 0.309 e. The Kier molecular flexibility index (Phi) is 1.80. The number of rotatable bonds is 1. The number of nitrogens with one attached hydrogen (secondary N) is 1. The standard InChI is InChI=1S/C6H10N4O/c1-4-3-5(2)10(9-4)11-6(7)8/h3H,1-2H3,(H3,7,8). The van der Waals surface area contributed by atoms with E-state index in [-0.39, 0.29) is 6.02 Å². The van der Waals surface area contributed by atoms with Crippen LogP contribution in [0.25, 0.3) is 0 Å². The van der Waals surface area contributed by atoms with Crippen molar-refractivity contribution in [2.24, 2.45) is 5.73 Å². The zero-order chi connectivity index (χ0) is 8.43. The molecule has 0 saturated heterocycles. The van der Waals surface area contributed by atoms with Gasteiger partial charge in [-0.15, -0.1) is 5.10 Å². The lowest BCUT2D eigenvalue weighted by Gasteiger charge is -2.01. The summed E-state index contributed by atoms with van der Waals surface area (Å²) in [6.45, 7) is 3.66. The first kappa shape index (κ1) is 7.59. The molecule has 0 aliphatic heterocycles. The summed E-state index contributed by atoms with van der Waals surface area (Å²) in [4.78, 5) is 5.95. The van der Waals surface area contributed by atoms with Crippen LogP contribution in [0, 0.1) is 19.3 Å². The summed E-state index contributed by atoms with van der Waals surface area (Å²) in [5, 5.41) is 10.8. The van der Waals surface area contributed by atoms with Crippen molar-refractivity contribution < 1.29 is 4.84 Å². The second-order valence-electron chi connectivity index (χ2n) is 2.26. The Morgan fingerprint density at radius 3 is 2.73 bits per heavy atom. The molecule has 1 aromatic rings. The van der Waals surface area contributed by atoms with Crippen LogP contribution in [0.15, 0.2) is 6.07 Å². The van der Waals surface area contributed by atoms with Crippen molar-refractivity contribution in [3.8, 4) is 0 Å². The molecule has 0 atom stereocenters. The minimum Gasteiger partial charge on any atom is -0.352 e. The molecule has 0 unspecified atom stereocenters. The molecule has 11 heavy (non-hydrogen) atoms. The van der Waals surface area contributed by atoms with Crippen molar-refractivity contribution >= 4 is 6.02 Å². The lowest BCUT2D eigenvalue weighted by Crippen LogP contribution is -2.27. The van der Waals surface area contributed by atoms with Crippen LogP contribution in [-0.2, 0) is 0 Å². The fourth-order valence-electron chi connectivity index (χ4n) is 0.794. The first-order valence-corrected chi connectivity index (χ1v) is 3.15. The number of hydrogen-bond acceptors (Lipinski definition) is 3. The smallest absolute Gasteiger partial charge is 0.309 e. The Hall–Kier alpha value is -1.52. The minimum absolute atomic E-state index is 0.365. The largest absolute Gasteiger partial charge is 0.352 e. The molecule has 1 heterocycles. The number of nitrogens with zero attached hydrogens (tertiary/aromatic N) is 2. The van der Waals surface area contributed by atoms with Crippen LogP contribution >= 0.6 is 0 Å². The Labute approximate surface area is 64.2 Å². The SMILES string of the molecule is Cc1cc(C)n(OC(=N)N)n1. The molecule has 5 nitrogen and oxygen atoms in total. The average Bonchev–Trinajstić information content (AvgIpc) is 2.09. The molecule has 3 N–H and O–H groups in total. The molecule has 0 fully saturated rings.